The van der Waals surface area contributed by atoms with Crippen molar-refractivity contribution in [2.75, 3.05) is 0 Å². The summed E-state index contributed by atoms with van der Waals surface area (Å²) in [6, 6.07) is 0. The van der Waals surface area contributed by atoms with Crippen molar-refractivity contribution in [2.45, 2.75) is 77.4 Å². The minimum absolute atomic E-state index is 0.0620. The lowest BCUT2D eigenvalue weighted by atomic mass is 9.61. The minimum Gasteiger partial charge on any atom is -0.393 e. The van der Waals surface area contributed by atoms with Crippen molar-refractivity contribution in [1.29, 1.82) is 0 Å². The summed E-state index contributed by atoms with van der Waals surface area (Å²) in [5, 5.41) is 20.4. The number of hydrogen-bond donors (Lipinski definition) is 2. The lowest BCUT2D eigenvalue weighted by Gasteiger charge is -2.45. The average Bonchev–Trinajstić information content (AvgIpc) is 2.90. The Balaban J connectivity index is 1.65. The van der Waals surface area contributed by atoms with Crippen molar-refractivity contribution in [3.8, 4) is 0 Å². The highest BCUT2D eigenvalue weighted by molar-refractivity contribution is 5.11. The van der Waals surface area contributed by atoms with Crippen LogP contribution >= 0.6 is 0 Å². The predicted molar refractivity (Wildman–Crippen MR) is 85.8 cm³/mol. The van der Waals surface area contributed by atoms with Crippen LogP contribution in [-0.2, 0) is 0 Å². The Morgan fingerprint density at radius 3 is 2.67 bits per heavy atom. The quantitative estimate of drug-likeness (QED) is 0.774. The maximum Gasteiger partial charge on any atom is 0.0805 e. The molecule has 3 rings (SSSR count). The Morgan fingerprint density at radius 1 is 1.24 bits per heavy atom. The molecule has 3 aliphatic carbocycles. The Hall–Kier alpha value is -0.340. The monoisotopic (exact) mass is 292 g/mol. The minimum atomic E-state index is -0.590. The van der Waals surface area contributed by atoms with Gasteiger partial charge in [-0.3, -0.25) is 0 Å². The van der Waals surface area contributed by atoms with Crippen molar-refractivity contribution in [3.05, 3.63) is 12.2 Å². The summed E-state index contributed by atoms with van der Waals surface area (Å²) in [7, 11) is 0. The van der Waals surface area contributed by atoms with Gasteiger partial charge in [0.15, 0.2) is 0 Å². The molecule has 0 spiro atoms. The molecule has 0 saturated heterocycles. The van der Waals surface area contributed by atoms with E-state index in [-0.39, 0.29) is 6.10 Å². The van der Waals surface area contributed by atoms with Gasteiger partial charge in [-0.25, -0.2) is 0 Å². The smallest absolute Gasteiger partial charge is 0.0805 e. The van der Waals surface area contributed by atoms with Crippen LogP contribution in [0.15, 0.2) is 12.2 Å². The average molecular weight is 292 g/mol. The van der Waals surface area contributed by atoms with Crippen molar-refractivity contribution < 1.29 is 10.2 Å². The van der Waals surface area contributed by atoms with Crippen LogP contribution < -0.4 is 0 Å². The topological polar surface area (TPSA) is 40.5 Å². The fourth-order valence-electron chi connectivity index (χ4n) is 5.94. The van der Waals surface area contributed by atoms with Crippen LogP contribution in [0.1, 0.15) is 65.7 Å². The summed E-state index contributed by atoms with van der Waals surface area (Å²) in [6.45, 7) is 6.76. The van der Waals surface area contributed by atoms with Crippen LogP contribution in [0.4, 0.5) is 0 Å². The maximum absolute atomic E-state index is 10.4. The molecule has 0 bridgehead atoms. The lowest BCUT2D eigenvalue weighted by Crippen LogP contribution is -2.41. The molecule has 0 aromatic carbocycles. The normalized spacial score (nSPS) is 51.1. The second kappa shape index (κ2) is 5.38. The van der Waals surface area contributed by atoms with Crippen LogP contribution in [-0.4, -0.2) is 21.9 Å². The van der Waals surface area contributed by atoms with Crippen molar-refractivity contribution in [1.82, 2.24) is 0 Å². The predicted octanol–water partition coefficient (Wildman–Crippen LogP) is 3.92. The zero-order valence-corrected chi connectivity index (χ0v) is 13.9. The van der Waals surface area contributed by atoms with Gasteiger partial charge in [0.2, 0.25) is 0 Å². The van der Waals surface area contributed by atoms with E-state index < -0.39 is 5.60 Å². The summed E-state index contributed by atoms with van der Waals surface area (Å²) < 4.78 is 0. The van der Waals surface area contributed by atoms with Gasteiger partial charge >= 0.3 is 0 Å². The molecule has 0 aromatic rings. The van der Waals surface area contributed by atoms with Crippen LogP contribution in [0, 0.1) is 29.1 Å². The zero-order valence-electron chi connectivity index (χ0n) is 13.9. The molecule has 7 atom stereocenters. The molecule has 0 aromatic heterocycles. The molecule has 2 fully saturated rings. The van der Waals surface area contributed by atoms with Gasteiger partial charge in [-0.1, -0.05) is 32.4 Å². The van der Waals surface area contributed by atoms with Gasteiger partial charge in [0.05, 0.1) is 11.7 Å². The Labute approximate surface area is 129 Å². The fraction of sp³-hybridized carbons (Fsp3) is 0.895. The summed E-state index contributed by atoms with van der Waals surface area (Å²) in [5.74, 6) is 2.50. The van der Waals surface area contributed by atoms with E-state index in [0.717, 1.165) is 18.8 Å². The van der Waals surface area contributed by atoms with E-state index in [4.69, 9.17) is 0 Å². The molecular weight excluding hydrogens is 260 g/mol. The van der Waals surface area contributed by atoms with Gasteiger partial charge in [-0.2, -0.15) is 0 Å². The number of fused-ring (bicyclic) bond motifs is 1. The van der Waals surface area contributed by atoms with E-state index in [0.29, 0.717) is 23.2 Å². The second-order valence-electron chi connectivity index (χ2n) is 8.65. The molecule has 0 radical (unpaired) electrons. The standard InChI is InChI=1S/C19H32O2/c1-13(11-14-8-10-18(2,21)12-14)15-6-7-16-17(20)5-4-9-19(15,16)3/h8,10,13-17,20-21H,4-7,9,11-12H2,1-3H3/t13-,14?,15?,16+,17?,18-,19-/m1/s1. The number of allylic oxidation sites excluding steroid dienone is 1. The van der Waals surface area contributed by atoms with E-state index in [1.54, 1.807) is 0 Å². The first-order valence-electron chi connectivity index (χ1n) is 8.92. The molecule has 2 saturated carbocycles. The van der Waals surface area contributed by atoms with E-state index in [2.05, 4.69) is 19.9 Å². The van der Waals surface area contributed by atoms with Gasteiger partial charge in [-0.05, 0) is 74.5 Å². The summed E-state index contributed by atoms with van der Waals surface area (Å²) in [5.41, 5.74) is -0.241. The van der Waals surface area contributed by atoms with Crippen molar-refractivity contribution in [2.24, 2.45) is 29.1 Å². The van der Waals surface area contributed by atoms with Crippen molar-refractivity contribution >= 4 is 0 Å². The molecule has 0 aliphatic heterocycles. The highest BCUT2D eigenvalue weighted by atomic mass is 16.3. The molecule has 21 heavy (non-hydrogen) atoms. The molecule has 0 amide bonds. The first-order valence-corrected chi connectivity index (χ1v) is 8.92. The number of aliphatic hydroxyl groups excluding tert-OH is 1. The fourth-order valence-corrected chi connectivity index (χ4v) is 5.94. The molecule has 2 nitrogen and oxygen atoms in total. The molecule has 2 N–H and O–H groups in total. The number of aliphatic hydroxyl groups is 2. The highest BCUT2D eigenvalue weighted by Gasteiger charge is 2.52. The number of hydrogen-bond acceptors (Lipinski definition) is 2. The van der Waals surface area contributed by atoms with Crippen LogP contribution in [0.25, 0.3) is 0 Å². The van der Waals surface area contributed by atoms with Gasteiger partial charge < -0.3 is 10.2 Å². The molecular formula is C19H32O2. The maximum atomic E-state index is 10.4. The third-order valence-electron chi connectivity index (χ3n) is 6.93. The summed E-state index contributed by atoms with van der Waals surface area (Å²) in [4.78, 5) is 0. The SMILES string of the molecule is C[C@H](CC1C=C[C@@](C)(O)C1)C1CC[C@H]2C(O)CCC[C@]12C. The molecule has 120 valence electrons. The third-order valence-corrected chi connectivity index (χ3v) is 6.93. The molecule has 3 aliphatic rings. The molecule has 0 heterocycles. The highest BCUT2D eigenvalue weighted by Crippen LogP contribution is 2.58. The van der Waals surface area contributed by atoms with Crippen molar-refractivity contribution in [3.63, 3.8) is 0 Å². The van der Waals surface area contributed by atoms with E-state index >= 15 is 0 Å². The first-order chi connectivity index (χ1) is 9.82. The molecule has 2 heteroatoms. The summed E-state index contributed by atoms with van der Waals surface area (Å²) >= 11 is 0. The number of rotatable bonds is 3. The van der Waals surface area contributed by atoms with E-state index in [9.17, 15) is 10.2 Å². The van der Waals surface area contributed by atoms with Gasteiger partial charge in [0, 0.05) is 0 Å². The molecule has 3 unspecified atom stereocenters. The van der Waals surface area contributed by atoms with Crippen LogP contribution in [0.2, 0.25) is 0 Å². The third kappa shape index (κ3) is 2.82. The van der Waals surface area contributed by atoms with Crippen LogP contribution in [0.3, 0.4) is 0 Å². The zero-order chi connectivity index (χ0) is 15.3. The largest absolute Gasteiger partial charge is 0.393 e. The Bertz CT molecular complexity index is 414. The van der Waals surface area contributed by atoms with E-state index in [1.165, 1.54) is 32.1 Å². The first kappa shape index (κ1) is 15.6. The Morgan fingerprint density at radius 2 is 2.00 bits per heavy atom. The van der Waals surface area contributed by atoms with Gasteiger partial charge in [0.1, 0.15) is 0 Å². The lowest BCUT2D eigenvalue weighted by molar-refractivity contribution is -0.0289. The summed E-state index contributed by atoms with van der Waals surface area (Å²) in [6.07, 6.45) is 12.2. The second-order valence-corrected chi connectivity index (χ2v) is 8.65. The van der Waals surface area contributed by atoms with E-state index in [1.807, 2.05) is 13.0 Å². The Kier molecular flexibility index (Phi) is 3.99. The van der Waals surface area contributed by atoms with Crippen LogP contribution in [0.5, 0.6) is 0 Å². The van der Waals surface area contributed by atoms with Gasteiger partial charge in [-0.15, -0.1) is 0 Å². The van der Waals surface area contributed by atoms with Gasteiger partial charge in [0.25, 0.3) is 0 Å².